The Morgan fingerprint density at radius 1 is 1.15 bits per heavy atom. The molecule has 13 heavy (non-hydrogen) atoms. The largest absolute Gasteiger partial charge is 0.326 e. The van der Waals surface area contributed by atoms with Crippen molar-refractivity contribution >= 4 is 17.0 Å². The fourth-order valence-corrected chi connectivity index (χ4v) is 3.05. The van der Waals surface area contributed by atoms with Crippen molar-refractivity contribution in [2.24, 2.45) is 5.92 Å². The lowest BCUT2D eigenvalue weighted by atomic mass is 9.78. The van der Waals surface area contributed by atoms with Gasteiger partial charge in [0.25, 0.3) is 0 Å². The van der Waals surface area contributed by atoms with Gasteiger partial charge < -0.3 is 4.90 Å². The maximum absolute atomic E-state index is 11.1. The second-order valence-corrected chi connectivity index (χ2v) is 4.52. The number of nitrogens with zero attached hydrogens (tertiary/aromatic N) is 1. The number of amides is 1. The van der Waals surface area contributed by atoms with Crippen LogP contribution >= 0.6 is 11.6 Å². The Morgan fingerprint density at radius 3 is 2.62 bits per heavy atom. The van der Waals surface area contributed by atoms with Crippen LogP contribution in [0.15, 0.2) is 0 Å². The summed E-state index contributed by atoms with van der Waals surface area (Å²) in [6.07, 6.45) is 7.51. The van der Waals surface area contributed by atoms with Crippen molar-refractivity contribution in [3.63, 3.8) is 0 Å². The Balaban J connectivity index is 2.06. The summed E-state index contributed by atoms with van der Waals surface area (Å²) in [7, 11) is 0. The van der Waals surface area contributed by atoms with Gasteiger partial charge in [-0.15, -0.1) is 0 Å². The van der Waals surface area contributed by atoms with Gasteiger partial charge in [0.2, 0.25) is 0 Å². The van der Waals surface area contributed by atoms with Gasteiger partial charge >= 0.3 is 5.37 Å². The molecule has 1 amide bonds. The number of halogens is 1. The Bertz CT molecular complexity index is 205. The summed E-state index contributed by atoms with van der Waals surface area (Å²) in [4.78, 5) is 13.0. The molecular weight excluding hydrogens is 186 g/mol. The van der Waals surface area contributed by atoms with E-state index in [1.807, 2.05) is 4.90 Å². The van der Waals surface area contributed by atoms with Crippen molar-refractivity contribution < 1.29 is 4.79 Å². The lowest BCUT2D eigenvalue weighted by Crippen LogP contribution is -2.47. The average Bonchev–Trinajstić information content (AvgIpc) is 2.17. The van der Waals surface area contributed by atoms with Crippen LogP contribution < -0.4 is 0 Å². The van der Waals surface area contributed by atoms with Crippen molar-refractivity contribution in [2.45, 2.75) is 44.6 Å². The first kappa shape index (κ1) is 9.32. The quantitative estimate of drug-likeness (QED) is 0.436. The van der Waals surface area contributed by atoms with E-state index in [1.165, 1.54) is 32.1 Å². The van der Waals surface area contributed by atoms with E-state index in [-0.39, 0.29) is 5.37 Å². The highest BCUT2D eigenvalue weighted by Crippen LogP contribution is 2.35. The molecule has 1 aliphatic heterocycles. The smallest absolute Gasteiger partial charge is 0.316 e. The van der Waals surface area contributed by atoms with Gasteiger partial charge in [0.05, 0.1) is 0 Å². The van der Waals surface area contributed by atoms with E-state index in [4.69, 9.17) is 11.6 Å². The fourth-order valence-electron chi connectivity index (χ4n) is 2.84. The average molecular weight is 202 g/mol. The van der Waals surface area contributed by atoms with Crippen molar-refractivity contribution in [2.75, 3.05) is 6.54 Å². The van der Waals surface area contributed by atoms with Crippen LogP contribution in [0.25, 0.3) is 0 Å². The summed E-state index contributed by atoms with van der Waals surface area (Å²) in [5.74, 6) is 0.741. The molecule has 1 heterocycles. The molecule has 0 N–H and O–H groups in total. The maximum Gasteiger partial charge on any atom is 0.316 e. The first-order valence-corrected chi connectivity index (χ1v) is 5.63. The summed E-state index contributed by atoms with van der Waals surface area (Å²) < 4.78 is 0. The predicted octanol–water partition coefficient (Wildman–Crippen LogP) is 3.00. The molecule has 1 aliphatic carbocycles. The van der Waals surface area contributed by atoms with Gasteiger partial charge in [0, 0.05) is 12.6 Å². The molecule has 1 saturated carbocycles. The summed E-state index contributed by atoms with van der Waals surface area (Å²) in [5.41, 5.74) is 0. The molecule has 0 aromatic rings. The summed E-state index contributed by atoms with van der Waals surface area (Å²) in [6.45, 7) is 0.878. The molecule has 2 nitrogen and oxygen atoms in total. The van der Waals surface area contributed by atoms with E-state index in [1.54, 1.807) is 0 Å². The van der Waals surface area contributed by atoms with Gasteiger partial charge in [-0.05, 0) is 43.2 Å². The number of fused-ring (bicyclic) bond motifs is 1. The van der Waals surface area contributed by atoms with Gasteiger partial charge in [0.15, 0.2) is 0 Å². The standard InChI is InChI=1S/C10H16ClNO/c11-10(13)12-7-3-5-8-4-1-2-6-9(8)12/h8-9H,1-7H2/t8-,9+/m1/s1. The van der Waals surface area contributed by atoms with Crippen LogP contribution in [0.2, 0.25) is 0 Å². The zero-order chi connectivity index (χ0) is 9.26. The van der Waals surface area contributed by atoms with Crippen LogP contribution in [0.1, 0.15) is 38.5 Å². The van der Waals surface area contributed by atoms with Gasteiger partial charge in [-0.25, -0.2) is 0 Å². The zero-order valence-electron chi connectivity index (χ0n) is 7.84. The molecule has 0 bridgehead atoms. The van der Waals surface area contributed by atoms with Crippen LogP contribution in [0.3, 0.4) is 0 Å². The van der Waals surface area contributed by atoms with Crippen molar-refractivity contribution in [1.82, 2.24) is 4.90 Å². The molecule has 0 aromatic heterocycles. The highest BCUT2D eigenvalue weighted by molar-refractivity contribution is 6.62. The Labute approximate surface area is 84.2 Å². The normalized spacial score (nSPS) is 34.1. The van der Waals surface area contributed by atoms with Crippen LogP contribution in [0.4, 0.5) is 4.79 Å². The molecule has 74 valence electrons. The minimum Gasteiger partial charge on any atom is -0.326 e. The van der Waals surface area contributed by atoms with Crippen molar-refractivity contribution in [1.29, 1.82) is 0 Å². The van der Waals surface area contributed by atoms with Gasteiger partial charge in [-0.3, -0.25) is 4.79 Å². The number of piperidine rings is 1. The lowest BCUT2D eigenvalue weighted by Gasteiger charge is -2.43. The fraction of sp³-hybridized carbons (Fsp3) is 0.900. The van der Waals surface area contributed by atoms with Crippen molar-refractivity contribution in [3.05, 3.63) is 0 Å². The number of hydrogen-bond donors (Lipinski definition) is 0. The topological polar surface area (TPSA) is 20.3 Å². The minimum absolute atomic E-state index is 0.239. The zero-order valence-corrected chi connectivity index (χ0v) is 8.59. The number of carbonyl (C=O) groups excluding carboxylic acids is 1. The maximum atomic E-state index is 11.1. The van der Waals surface area contributed by atoms with Crippen molar-refractivity contribution in [3.8, 4) is 0 Å². The van der Waals surface area contributed by atoms with E-state index in [9.17, 15) is 4.79 Å². The van der Waals surface area contributed by atoms with Gasteiger partial charge in [-0.2, -0.15) is 0 Å². The first-order chi connectivity index (χ1) is 6.29. The summed E-state index contributed by atoms with van der Waals surface area (Å²) in [5, 5.41) is -0.239. The molecule has 3 heteroatoms. The third kappa shape index (κ3) is 1.83. The van der Waals surface area contributed by atoms with E-state index < -0.39 is 0 Å². The molecular formula is C10H16ClNO. The molecule has 1 saturated heterocycles. The predicted molar refractivity (Wildman–Crippen MR) is 52.9 cm³/mol. The van der Waals surface area contributed by atoms with E-state index in [2.05, 4.69) is 0 Å². The molecule has 2 atom stereocenters. The molecule has 2 aliphatic rings. The summed E-state index contributed by atoms with van der Waals surface area (Å²) in [6, 6.07) is 0.465. The second-order valence-electron chi connectivity index (χ2n) is 4.20. The highest BCUT2D eigenvalue weighted by atomic mass is 35.5. The molecule has 0 spiro atoms. The molecule has 0 aromatic carbocycles. The molecule has 2 fully saturated rings. The van der Waals surface area contributed by atoms with Crippen LogP contribution in [0, 0.1) is 5.92 Å². The SMILES string of the molecule is O=C(Cl)N1CCC[C@H]2CCCC[C@@H]21. The summed E-state index contributed by atoms with van der Waals surface area (Å²) >= 11 is 5.56. The molecule has 0 radical (unpaired) electrons. The lowest BCUT2D eigenvalue weighted by molar-refractivity contribution is 0.0961. The van der Waals surface area contributed by atoms with Crippen LogP contribution in [-0.2, 0) is 0 Å². The van der Waals surface area contributed by atoms with Gasteiger partial charge in [-0.1, -0.05) is 12.8 Å². The first-order valence-electron chi connectivity index (χ1n) is 5.25. The monoisotopic (exact) mass is 201 g/mol. The van der Waals surface area contributed by atoms with Crippen LogP contribution in [0.5, 0.6) is 0 Å². The number of likely N-dealkylation sites (tertiary alicyclic amines) is 1. The Kier molecular flexibility index (Phi) is 2.77. The Hall–Kier alpha value is -0.240. The van der Waals surface area contributed by atoms with Gasteiger partial charge in [0.1, 0.15) is 0 Å². The number of hydrogen-bond acceptors (Lipinski definition) is 1. The van der Waals surface area contributed by atoms with E-state index >= 15 is 0 Å². The number of carbonyl (C=O) groups is 1. The minimum atomic E-state index is -0.239. The third-order valence-electron chi connectivity index (χ3n) is 3.47. The molecule has 2 rings (SSSR count). The Morgan fingerprint density at radius 2 is 1.85 bits per heavy atom. The third-order valence-corrected chi connectivity index (χ3v) is 3.69. The highest BCUT2D eigenvalue weighted by Gasteiger charge is 2.34. The molecule has 0 unspecified atom stereocenters. The van der Waals surface area contributed by atoms with E-state index in [0.717, 1.165) is 18.9 Å². The number of rotatable bonds is 0. The second kappa shape index (κ2) is 3.87. The van der Waals surface area contributed by atoms with Crippen LogP contribution in [-0.4, -0.2) is 22.9 Å². The van der Waals surface area contributed by atoms with E-state index in [0.29, 0.717) is 6.04 Å².